The summed E-state index contributed by atoms with van der Waals surface area (Å²) in [6, 6.07) is 0. The minimum atomic E-state index is 0.307. The van der Waals surface area contributed by atoms with Gasteiger partial charge in [0.25, 0.3) is 0 Å². The van der Waals surface area contributed by atoms with Crippen molar-refractivity contribution in [2.75, 3.05) is 45.9 Å². The summed E-state index contributed by atoms with van der Waals surface area (Å²) in [6.45, 7) is 6.97. The van der Waals surface area contributed by atoms with Gasteiger partial charge in [0.05, 0.1) is 13.2 Å². The first-order valence-electron chi connectivity index (χ1n) is 11.3. The van der Waals surface area contributed by atoms with Crippen LogP contribution >= 0.6 is 15.9 Å². The quantitative estimate of drug-likeness (QED) is 0.627. The van der Waals surface area contributed by atoms with Crippen LogP contribution in [0.3, 0.4) is 0 Å². The summed E-state index contributed by atoms with van der Waals surface area (Å²) in [6.07, 6.45) is 11.3. The van der Waals surface area contributed by atoms with Crippen LogP contribution in [-0.2, 0) is 9.53 Å². The number of morpholine rings is 1. The number of halogens is 1. The molecule has 0 spiro atoms. The van der Waals surface area contributed by atoms with Gasteiger partial charge in [-0.05, 0) is 74.5 Å². The van der Waals surface area contributed by atoms with Crippen LogP contribution < -0.4 is 0 Å². The minimum Gasteiger partial charge on any atom is -0.379 e. The van der Waals surface area contributed by atoms with E-state index in [-0.39, 0.29) is 0 Å². The SMILES string of the molecule is O=C(CC12CC3CC(CC(Br)(C3)C1)C2)N1CCCC(CN2CCOCC2)C1. The van der Waals surface area contributed by atoms with Gasteiger partial charge in [-0.1, -0.05) is 15.9 Å². The number of ether oxygens (including phenoxy) is 1. The lowest BCUT2D eigenvalue weighted by Crippen LogP contribution is -2.54. The van der Waals surface area contributed by atoms with E-state index < -0.39 is 0 Å². The fourth-order valence-corrected chi connectivity index (χ4v) is 9.08. The minimum absolute atomic E-state index is 0.307. The predicted octanol–water partition coefficient (Wildman–Crippen LogP) is 3.68. The molecule has 1 amide bonds. The zero-order valence-electron chi connectivity index (χ0n) is 16.6. The van der Waals surface area contributed by atoms with Crippen LogP contribution in [0.1, 0.15) is 57.8 Å². The van der Waals surface area contributed by atoms with Crippen molar-refractivity contribution in [3.8, 4) is 0 Å². The lowest BCUT2D eigenvalue weighted by Gasteiger charge is -2.60. The Morgan fingerprint density at radius 2 is 1.81 bits per heavy atom. The molecule has 4 bridgehead atoms. The first-order chi connectivity index (χ1) is 13.0. The zero-order chi connectivity index (χ0) is 18.5. The lowest BCUT2D eigenvalue weighted by atomic mass is 9.48. The standard InChI is InChI=1S/C22H35BrN2O2/c23-22-11-18-8-19(12-22)10-21(9-18,16-22)13-20(26)25-3-1-2-17(15-25)14-24-4-6-27-7-5-24/h17-19H,1-16H2. The molecule has 2 aliphatic heterocycles. The van der Waals surface area contributed by atoms with Crippen molar-refractivity contribution < 1.29 is 9.53 Å². The number of piperidine rings is 1. The van der Waals surface area contributed by atoms with Crippen molar-refractivity contribution in [3.05, 3.63) is 0 Å². The third-order valence-corrected chi connectivity index (χ3v) is 9.06. The van der Waals surface area contributed by atoms with Gasteiger partial charge in [-0.15, -0.1) is 0 Å². The van der Waals surface area contributed by atoms with E-state index >= 15 is 0 Å². The first kappa shape index (κ1) is 18.9. The molecule has 4 saturated carbocycles. The fraction of sp³-hybridized carbons (Fsp3) is 0.955. The van der Waals surface area contributed by atoms with Crippen molar-refractivity contribution in [1.29, 1.82) is 0 Å². The van der Waals surface area contributed by atoms with Gasteiger partial charge in [0, 0.05) is 43.5 Å². The Kier molecular flexibility index (Phi) is 5.09. The van der Waals surface area contributed by atoms with Crippen LogP contribution in [-0.4, -0.2) is 66.0 Å². The number of rotatable bonds is 4. The van der Waals surface area contributed by atoms with E-state index in [9.17, 15) is 4.79 Å². The van der Waals surface area contributed by atoms with Crippen LogP contribution in [0.25, 0.3) is 0 Å². The first-order valence-corrected chi connectivity index (χ1v) is 12.1. The molecule has 6 fully saturated rings. The van der Waals surface area contributed by atoms with Crippen LogP contribution in [0.2, 0.25) is 0 Å². The Labute approximate surface area is 172 Å². The van der Waals surface area contributed by atoms with Crippen LogP contribution in [0.15, 0.2) is 0 Å². The Morgan fingerprint density at radius 1 is 1.07 bits per heavy atom. The van der Waals surface area contributed by atoms with E-state index in [1.54, 1.807) is 0 Å². The van der Waals surface area contributed by atoms with Gasteiger partial charge in [0.2, 0.25) is 5.91 Å². The molecule has 27 heavy (non-hydrogen) atoms. The molecule has 0 N–H and O–H groups in total. The average Bonchev–Trinajstić information content (AvgIpc) is 2.60. The van der Waals surface area contributed by atoms with Crippen molar-refractivity contribution in [3.63, 3.8) is 0 Å². The van der Waals surface area contributed by atoms with Gasteiger partial charge < -0.3 is 9.64 Å². The molecule has 3 atom stereocenters. The highest BCUT2D eigenvalue weighted by Gasteiger charge is 2.57. The van der Waals surface area contributed by atoms with Gasteiger partial charge >= 0.3 is 0 Å². The molecule has 6 aliphatic rings. The zero-order valence-corrected chi connectivity index (χ0v) is 18.2. The molecule has 152 valence electrons. The molecule has 0 aromatic carbocycles. The molecule has 0 radical (unpaired) electrons. The van der Waals surface area contributed by atoms with Gasteiger partial charge in [-0.25, -0.2) is 0 Å². The number of amides is 1. The van der Waals surface area contributed by atoms with E-state index in [4.69, 9.17) is 4.74 Å². The molecular formula is C22H35BrN2O2. The number of alkyl halides is 1. The Bertz CT molecular complexity index is 563. The molecule has 3 unspecified atom stereocenters. The number of likely N-dealkylation sites (tertiary alicyclic amines) is 1. The van der Waals surface area contributed by atoms with E-state index in [1.807, 2.05) is 0 Å². The Morgan fingerprint density at radius 3 is 2.52 bits per heavy atom. The van der Waals surface area contributed by atoms with E-state index in [1.165, 1.54) is 51.4 Å². The summed E-state index contributed by atoms with van der Waals surface area (Å²) < 4.78 is 5.84. The van der Waals surface area contributed by atoms with Crippen molar-refractivity contribution >= 4 is 21.8 Å². The summed E-state index contributed by atoms with van der Waals surface area (Å²) in [4.78, 5) is 18.1. The normalized spacial score (nSPS) is 44.6. The van der Waals surface area contributed by atoms with Gasteiger partial charge in [-0.2, -0.15) is 0 Å². The summed E-state index contributed by atoms with van der Waals surface area (Å²) >= 11 is 4.10. The maximum Gasteiger partial charge on any atom is 0.223 e. The third-order valence-electron chi connectivity index (χ3n) is 8.13. The average molecular weight is 439 g/mol. The highest BCUT2D eigenvalue weighted by Crippen LogP contribution is 2.65. The summed E-state index contributed by atoms with van der Waals surface area (Å²) in [7, 11) is 0. The third kappa shape index (κ3) is 3.98. The Balaban J connectivity index is 1.19. The summed E-state index contributed by atoms with van der Waals surface area (Å²) in [5.41, 5.74) is 0.307. The van der Waals surface area contributed by atoms with E-state index in [0.29, 0.717) is 21.6 Å². The van der Waals surface area contributed by atoms with Crippen LogP contribution in [0.5, 0.6) is 0 Å². The number of hydrogen-bond acceptors (Lipinski definition) is 3. The molecule has 2 heterocycles. The predicted molar refractivity (Wildman–Crippen MR) is 110 cm³/mol. The van der Waals surface area contributed by atoms with Crippen LogP contribution in [0, 0.1) is 23.2 Å². The smallest absolute Gasteiger partial charge is 0.223 e. The number of nitrogens with zero attached hydrogens (tertiary/aromatic N) is 2. The van der Waals surface area contributed by atoms with E-state index in [2.05, 4.69) is 25.7 Å². The molecule has 2 saturated heterocycles. The second-order valence-corrected chi connectivity index (χ2v) is 12.2. The van der Waals surface area contributed by atoms with Crippen molar-refractivity contribution in [2.24, 2.45) is 23.2 Å². The van der Waals surface area contributed by atoms with E-state index in [0.717, 1.165) is 64.2 Å². The second kappa shape index (κ2) is 7.28. The highest BCUT2D eigenvalue weighted by atomic mass is 79.9. The molecule has 5 heteroatoms. The lowest BCUT2D eigenvalue weighted by molar-refractivity contribution is -0.140. The Hall–Kier alpha value is -0.130. The summed E-state index contributed by atoms with van der Waals surface area (Å²) in [5, 5.41) is 0. The molecule has 6 rings (SSSR count). The molecule has 0 aromatic heterocycles. The van der Waals surface area contributed by atoms with Crippen molar-refractivity contribution in [2.45, 2.75) is 62.1 Å². The number of carbonyl (C=O) groups is 1. The van der Waals surface area contributed by atoms with Gasteiger partial charge in [0.1, 0.15) is 0 Å². The van der Waals surface area contributed by atoms with Crippen LogP contribution in [0.4, 0.5) is 0 Å². The highest BCUT2D eigenvalue weighted by molar-refractivity contribution is 9.10. The maximum atomic E-state index is 13.3. The monoisotopic (exact) mass is 438 g/mol. The molecular weight excluding hydrogens is 404 g/mol. The van der Waals surface area contributed by atoms with Gasteiger partial charge in [0.15, 0.2) is 0 Å². The molecule has 4 nitrogen and oxygen atoms in total. The maximum absolute atomic E-state index is 13.3. The topological polar surface area (TPSA) is 32.8 Å². The summed E-state index contributed by atoms with van der Waals surface area (Å²) in [5.74, 6) is 2.85. The van der Waals surface area contributed by atoms with Crippen molar-refractivity contribution in [1.82, 2.24) is 9.80 Å². The molecule has 4 aliphatic carbocycles. The second-order valence-electron chi connectivity index (χ2n) is 10.5. The number of hydrogen-bond donors (Lipinski definition) is 0. The largest absolute Gasteiger partial charge is 0.379 e. The van der Waals surface area contributed by atoms with Gasteiger partial charge in [-0.3, -0.25) is 9.69 Å². The number of carbonyl (C=O) groups excluding carboxylic acids is 1. The fourth-order valence-electron chi connectivity index (χ4n) is 7.56. The molecule has 0 aromatic rings.